The molecule has 0 bridgehead atoms. The molecule has 148 valence electrons. The van der Waals surface area contributed by atoms with Crippen molar-refractivity contribution in [3.63, 3.8) is 0 Å². The van der Waals surface area contributed by atoms with Crippen LogP contribution in [0.25, 0.3) is 0 Å². The highest BCUT2D eigenvalue weighted by atomic mass is 16.5. The fraction of sp³-hybridized carbons (Fsp3) is 0.391. The predicted octanol–water partition coefficient (Wildman–Crippen LogP) is 2.38. The molecule has 0 aromatic heterocycles. The first-order chi connectivity index (χ1) is 13.4. The van der Waals surface area contributed by atoms with Gasteiger partial charge in [0.25, 0.3) is 5.91 Å². The summed E-state index contributed by atoms with van der Waals surface area (Å²) in [5.74, 6) is -0.955. The van der Waals surface area contributed by atoms with Gasteiger partial charge < -0.3 is 19.5 Å². The Labute approximate surface area is 165 Å². The molecule has 0 aliphatic carbocycles. The molecule has 0 unspecified atom stereocenters. The third kappa shape index (κ3) is 4.53. The van der Waals surface area contributed by atoms with E-state index < -0.39 is 11.9 Å². The normalized spacial score (nSPS) is 15.3. The molecule has 28 heavy (non-hydrogen) atoms. The second kappa shape index (κ2) is 8.46. The van der Waals surface area contributed by atoms with E-state index in [9.17, 15) is 14.7 Å². The Morgan fingerprint density at radius 2 is 1.57 bits per heavy atom. The lowest BCUT2D eigenvalue weighted by Crippen LogP contribution is -2.45. The topological polar surface area (TPSA) is 69.7 Å². The Kier molecular flexibility index (Phi) is 6.02. The second-order valence-electron chi connectivity index (χ2n) is 7.78. The number of rotatable bonds is 6. The number of piperidine rings is 1. The van der Waals surface area contributed by atoms with Crippen molar-refractivity contribution in [2.45, 2.75) is 32.1 Å². The fourth-order valence-corrected chi connectivity index (χ4v) is 3.59. The van der Waals surface area contributed by atoms with Crippen LogP contribution in [0.5, 0.6) is 5.75 Å². The molecule has 1 fully saturated rings. The van der Waals surface area contributed by atoms with Crippen LogP contribution in [0.3, 0.4) is 0 Å². The van der Waals surface area contributed by atoms with Crippen molar-refractivity contribution in [1.82, 2.24) is 4.90 Å². The van der Waals surface area contributed by atoms with Crippen molar-refractivity contribution >= 4 is 11.9 Å². The van der Waals surface area contributed by atoms with Gasteiger partial charge in [0.2, 0.25) is 0 Å². The number of hydrogen-bond acceptors (Lipinski definition) is 4. The molecule has 0 saturated carbocycles. The highest BCUT2D eigenvalue weighted by Crippen LogP contribution is 2.32. The van der Waals surface area contributed by atoms with Gasteiger partial charge >= 0.3 is 0 Å². The van der Waals surface area contributed by atoms with Gasteiger partial charge in [0.05, 0.1) is 0 Å². The Morgan fingerprint density at radius 1 is 1.00 bits per heavy atom. The van der Waals surface area contributed by atoms with Crippen LogP contribution in [0, 0.1) is 5.92 Å². The van der Waals surface area contributed by atoms with Crippen LogP contribution < -0.4 is 9.84 Å². The zero-order valence-corrected chi connectivity index (χ0v) is 16.4. The minimum atomic E-state index is -1.03. The molecule has 2 aromatic carbocycles. The van der Waals surface area contributed by atoms with Gasteiger partial charge in [-0.05, 0) is 36.1 Å². The smallest absolute Gasteiger partial charge is 0.260 e. The number of amides is 1. The van der Waals surface area contributed by atoms with E-state index in [0.717, 1.165) is 0 Å². The number of carbonyl (C=O) groups is 2. The minimum absolute atomic E-state index is 0.0442. The summed E-state index contributed by atoms with van der Waals surface area (Å²) < 4.78 is 5.65. The number of ether oxygens (including phenoxy) is 1. The lowest BCUT2D eigenvalue weighted by molar-refractivity contribution is -0.312. The van der Waals surface area contributed by atoms with E-state index in [1.165, 1.54) is 11.1 Å². The van der Waals surface area contributed by atoms with Crippen molar-refractivity contribution in [3.8, 4) is 5.75 Å². The highest BCUT2D eigenvalue weighted by Gasteiger charge is 2.24. The molecule has 1 aliphatic rings. The summed E-state index contributed by atoms with van der Waals surface area (Å²) >= 11 is 0. The molecule has 0 atom stereocenters. The van der Waals surface area contributed by atoms with Crippen LogP contribution >= 0.6 is 0 Å². The number of carbonyl (C=O) groups excluding carboxylic acids is 2. The van der Waals surface area contributed by atoms with Gasteiger partial charge in [0.1, 0.15) is 5.75 Å². The van der Waals surface area contributed by atoms with Gasteiger partial charge in [-0.2, -0.15) is 0 Å². The number of benzene rings is 2. The summed E-state index contributed by atoms with van der Waals surface area (Å²) in [5.41, 5.74) is 2.28. The van der Waals surface area contributed by atoms with E-state index in [2.05, 4.69) is 26.0 Å². The van der Waals surface area contributed by atoms with Gasteiger partial charge in [0.15, 0.2) is 6.61 Å². The van der Waals surface area contributed by atoms with E-state index >= 15 is 0 Å². The minimum Gasteiger partial charge on any atom is -0.550 e. The van der Waals surface area contributed by atoms with Crippen molar-refractivity contribution in [3.05, 3.63) is 65.7 Å². The van der Waals surface area contributed by atoms with E-state index in [1.54, 1.807) is 4.90 Å². The third-order valence-electron chi connectivity index (χ3n) is 5.61. The van der Waals surface area contributed by atoms with Crippen LogP contribution in [0.2, 0.25) is 0 Å². The molecule has 1 aliphatic heterocycles. The predicted molar refractivity (Wildman–Crippen MR) is 105 cm³/mol. The van der Waals surface area contributed by atoms with Crippen LogP contribution in [0.4, 0.5) is 0 Å². The molecule has 1 saturated heterocycles. The Morgan fingerprint density at radius 3 is 2.14 bits per heavy atom. The maximum Gasteiger partial charge on any atom is 0.260 e. The number of aliphatic carboxylic acids is 1. The molecule has 0 radical (unpaired) electrons. The lowest BCUT2D eigenvalue weighted by Gasteiger charge is -2.32. The van der Waals surface area contributed by atoms with Crippen LogP contribution in [-0.4, -0.2) is 36.5 Å². The fourth-order valence-electron chi connectivity index (χ4n) is 3.59. The van der Waals surface area contributed by atoms with Gasteiger partial charge in [-0.3, -0.25) is 4.79 Å². The first kappa shape index (κ1) is 19.9. The third-order valence-corrected chi connectivity index (χ3v) is 5.61. The second-order valence-corrected chi connectivity index (χ2v) is 7.78. The van der Waals surface area contributed by atoms with Crippen LogP contribution in [0.1, 0.15) is 37.8 Å². The number of carboxylic acids is 1. The van der Waals surface area contributed by atoms with Gasteiger partial charge in [-0.15, -0.1) is 0 Å². The standard InChI is InChI=1S/C23H27NO4/c1-23(2,18-6-4-3-5-7-18)19-8-10-20(11-9-19)28-16-21(25)24-14-12-17(13-15-24)22(26)27/h3-11,17H,12-16H2,1-2H3,(H,26,27)/p-1. The first-order valence-electron chi connectivity index (χ1n) is 9.65. The molecule has 2 aromatic rings. The molecule has 5 heteroatoms. The van der Waals surface area contributed by atoms with Crippen molar-refractivity contribution in [2.75, 3.05) is 19.7 Å². The SMILES string of the molecule is CC(C)(c1ccccc1)c1ccc(OCC(=O)N2CCC(C(=O)[O-])CC2)cc1. The lowest BCUT2D eigenvalue weighted by atomic mass is 9.78. The van der Waals surface area contributed by atoms with Gasteiger partial charge in [-0.25, -0.2) is 0 Å². The number of likely N-dealkylation sites (tertiary alicyclic amines) is 1. The number of hydrogen-bond donors (Lipinski definition) is 0. The average molecular weight is 380 g/mol. The molecule has 1 amide bonds. The largest absolute Gasteiger partial charge is 0.550 e. The summed E-state index contributed by atoms with van der Waals surface area (Å²) in [6, 6.07) is 18.1. The monoisotopic (exact) mass is 380 g/mol. The van der Waals surface area contributed by atoms with E-state index in [-0.39, 0.29) is 17.9 Å². The Bertz CT molecular complexity index is 806. The van der Waals surface area contributed by atoms with E-state index in [0.29, 0.717) is 31.7 Å². The van der Waals surface area contributed by atoms with Gasteiger partial charge in [-0.1, -0.05) is 56.3 Å². The molecule has 5 nitrogen and oxygen atoms in total. The summed E-state index contributed by atoms with van der Waals surface area (Å²) in [6.07, 6.45) is 0.884. The zero-order chi connectivity index (χ0) is 20.1. The maximum absolute atomic E-state index is 12.3. The average Bonchev–Trinajstić information content (AvgIpc) is 2.73. The molecular formula is C23H26NO4-. The van der Waals surface area contributed by atoms with Crippen molar-refractivity contribution in [1.29, 1.82) is 0 Å². The van der Waals surface area contributed by atoms with E-state index in [1.807, 2.05) is 42.5 Å². The quantitative estimate of drug-likeness (QED) is 0.772. The summed E-state index contributed by atoms with van der Waals surface area (Å²) in [7, 11) is 0. The van der Waals surface area contributed by atoms with Gasteiger partial charge in [0, 0.05) is 30.4 Å². The van der Waals surface area contributed by atoms with Crippen LogP contribution in [0.15, 0.2) is 54.6 Å². The summed E-state index contributed by atoms with van der Waals surface area (Å²) in [4.78, 5) is 24.8. The first-order valence-corrected chi connectivity index (χ1v) is 9.65. The number of carboxylic acid groups (broad SMARTS) is 1. The molecule has 1 heterocycles. The Hall–Kier alpha value is -2.82. The van der Waals surface area contributed by atoms with E-state index in [4.69, 9.17) is 4.74 Å². The van der Waals surface area contributed by atoms with Crippen molar-refractivity contribution < 1.29 is 19.4 Å². The summed E-state index contributed by atoms with van der Waals surface area (Å²) in [5, 5.41) is 10.9. The molecule has 3 rings (SSSR count). The molecule has 0 N–H and O–H groups in total. The Balaban J connectivity index is 1.55. The van der Waals surface area contributed by atoms with Crippen LogP contribution in [-0.2, 0) is 15.0 Å². The summed E-state index contributed by atoms with van der Waals surface area (Å²) in [6.45, 7) is 5.18. The maximum atomic E-state index is 12.3. The highest BCUT2D eigenvalue weighted by molar-refractivity contribution is 5.78. The van der Waals surface area contributed by atoms with Crippen molar-refractivity contribution in [2.24, 2.45) is 5.92 Å². The molecule has 0 spiro atoms. The number of nitrogens with zero attached hydrogens (tertiary/aromatic N) is 1. The zero-order valence-electron chi connectivity index (χ0n) is 16.4. The molecular weight excluding hydrogens is 354 g/mol.